The van der Waals surface area contributed by atoms with Crippen molar-refractivity contribution in [3.63, 3.8) is 0 Å². The predicted octanol–water partition coefficient (Wildman–Crippen LogP) is 1.13. The first-order chi connectivity index (χ1) is 7.51. The topological polar surface area (TPSA) is 75.8 Å². The first kappa shape index (κ1) is 10.6. The van der Waals surface area contributed by atoms with Gasteiger partial charge in [-0.1, -0.05) is 0 Å². The molecule has 6 heteroatoms. The van der Waals surface area contributed by atoms with Gasteiger partial charge in [-0.15, -0.1) is 0 Å². The van der Waals surface area contributed by atoms with Crippen molar-refractivity contribution in [1.29, 1.82) is 0 Å². The zero-order chi connectivity index (χ0) is 11.8. The van der Waals surface area contributed by atoms with Crippen LogP contribution in [0.5, 0.6) is 0 Å². The largest absolute Gasteiger partial charge is 0.357 e. The summed E-state index contributed by atoms with van der Waals surface area (Å²) in [6.07, 6.45) is 3.04. The smallest absolute Gasteiger partial charge is 0.269 e. The zero-order valence-electron chi connectivity index (χ0n) is 8.53. The molecule has 0 saturated heterocycles. The molecule has 6 nitrogen and oxygen atoms in total. The first-order valence-corrected chi connectivity index (χ1v) is 4.60. The van der Waals surface area contributed by atoms with Crippen molar-refractivity contribution in [2.75, 3.05) is 7.05 Å². The number of hydroxylamine groups is 2. The number of nitrogens with zero attached hydrogens (tertiary/aromatic N) is 2. The standard InChI is InChI=1S/C10H10N2O4/c1-11-7-6-10(13,16-11)8-2-4-9(5-3-8)12(14)15/h2-7,13H,1H3. The van der Waals surface area contributed by atoms with Crippen molar-refractivity contribution >= 4 is 5.69 Å². The molecule has 0 aliphatic carbocycles. The van der Waals surface area contributed by atoms with E-state index in [0.717, 1.165) is 0 Å². The molecule has 0 amide bonds. The van der Waals surface area contributed by atoms with Crippen LogP contribution in [0.4, 0.5) is 5.69 Å². The normalized spacial score (nSPS) is 23.8. The highest BCUT2D eigenvalue weighted by Crippen LogP contribution is 2.30. The maximum Gasteiger partial charge on any atom is 0.269 e. The van der Waals surface area contributed by atoms with Crippen LogP contribution < -0.4 is 0 Å². The molecule has 1 aromatic rings. The third-order valence-corrected chi connectivity index (χ3v) is 2.29. The van der Waals surface area contributed by atoms with Crippen LogP contribution in [-0.2, 0) is 10.6 Å². The second-order valence-electron chi connectivity index (χ2n) is 3.45. The van der Waals surface area contributed by atoms with Gasteiger partial charge in [-0.05, 0) is 18.2 Å². The van der Waals surface area contributed by atoms with E-state index >= 15 is 0 Å². The fourth-order valence-corrected chi connectivity index (χ4v) is 1.46. The van der Waals surface area contributed by atoms with Gasteiger partial charge in [0.05, 0.1) is 4.92 Å². The molecule has 0 spiro atoms. The van der Waals surface area contributed by atoms with Gasteiger partial charge in [-0.2, -0.15) is 0 Å². The Bertz CT molecular complexity index is 443. The molecule has 16 heavy (non-hydrogen) atoms. The minimum absolute atomic E-state index is 0.0253. The summed E-state index contributed by atoms with van der Waals surface area (Å²) >= 11 is 0. The molecule has 1 unspecified atom stereocenters. The summed E-state index contributed by atoms with van der Waals surface area (Å²) in [6, 6.07) is 5.56. The molecule has 1 aromatic carbocycles. The quantitative estimate of drug-likeness (QED) is 0.599. The number of nitro groups is 1. The van der Waals surface area contributed by atoms with Gasteiger partial charge in [0, 0.05) is 30.9 Å². The van der Waals surface area contributed by atoms with E-state index in [-0.39, 0.29) is 5.69 Å². The number of hydrogen-bond donors (Lipinski definition) is 1. The van der Waals surface area contributed by atoms with Crippen LogP contribution in [0, 0.1) is 10.1 Å². The minimum Gasteiger partial charge on any atom is -0.357 e. The zero-order valence-corrected chi connectivity index (χ0v) is 8.53. The van der Waals surface area contributed by atoms with Crippen LogP contribution in [0.3, 0.4) is 0 Å². The summed E-state index contributed by atoms with van der Waals surface area (Å²) in [5, 5.41) is 21.9. The fraction of sp³-hybridized carbons (Fsp3) is 0.200. The van der Waals surface area contributed by atoms with Gasteiger partial charge in [-0.3, -0.25) is 15.2 Å². The average Bonchev–Trinajstić information content (AvgIpc) is 2.60. The molecule has 1 aliphatic heterocycles. The molecule has 2 rings (SSSR count). The van der Waals surface area contributed by atoms with Crippen LogP contribution in [0.1, 0.15) is 5.56 Å². The molecular weight excluding hydrogens is 212 g/mol. The van der Waals surface area contributed by atoms with E-state index in [0.29, 0.717) is 5.56 Å². The Morgan fingerprint density at radius 3 is 2.50 bits per heavy atom. The lowest BCUT2D eigenvalue weighted by Gasteiger charge is -2.22. The van der Waals surface area contributed by atoms with Crippen LogP contribution in [0.15, 0.2) is 36.5 Å². The van der Waals surface area contributed by atoms with Crippen LogP contribution in [0.25, 0.3) is 0 Å². The molecule has 1 N–H and O–H groups in total. The number of nitro benzene ring substituents is 1. The lowest BCUT2D eigenvalue weighted by molar-refractivity contribution is -0.384. The van der Waals surface area contributed by atoms with E-state index in [1.165, 1.54) is 35.4 Å². The van der Waals surface area contributed by atoms with Crippen molar-refractivity contribution < 1.29 is 14.9 Å². The Kier molecular flexibility index (Phi) is 2.37. The number of hydrogen-bond acceptors (Lipinski definition) is 5. The summed E-state index contributed by atoms with van der Waals surface area (Å²) in [6.45, 7) is 0. The van der Waals surface area contributed by atoms with E-state index in [9.17, 15) is 15.2 Å². The molecule has 0 radical (unpaired) electrons. The molecular formula is C10H10N2O4. The van der Waals surface area contributed by atoms with E-state index in [1.54, 1.807) is 13.2 Å². The van der Waals surface area contributed by atoms with Crippen LogP contribution >= 0.6 is 0 Å². The maximum absolute atomic E-state index is 10.5. The van der Waals surface area contributed by atoms with Gasteiger partial charge in [-0.25, -0.2) is 4.84 Å². The predicted molar refractivity (Wildman–Crippen MR) is 55.0 cm³/mol. The van der Waals surface area contributed by atoms with Crippen molar-refractivity contribution in [2.45, 2.75) is 5.79 Å². The third-order valence-electron chi connectivity index (χ3n) is 2.29. The highest BCUT2D eigenvalue weighted by atomic mass is 16.8. The summed E-state index contributed by atoms with van der Waals surface area (Å²) in [7, 11) is 1.64. The average molecular weight is 222 g/mol. The highest BCUT2D eigenvalue weighted by molar-refractivity contribution is 5.36. The molecule has 0 bridgehead atoms. The molecule has 0 aromatic heterocycles. The first-order valence-electron chi connectivity index (χ1n) is 4.60. The molecule has 1 atom stereocenters. The Hall–Kier alpha value is -1.92. The molecule has 1 aliphatic rings. The second-order valence-corrected chi connectivity index (χ2v) is 3.45. The molecule has 84 valence electrons. The number of aliphatic hydroxyl groups is 1. The van der Waals surface area contributed by atoms with Crippen molar-refractivity contribution in [3.8, 4) is 0 Å². The van der Waals surface area contributed by atoms with E-state index in [4.69, 9.17) is 4.84 Å². The lowest BCUT2D eigenvalue weighted by Crippen LogP contribution is -2.27. The summed E-state index contributed by atoms with van der Waals surface area (Å²) in [4.78, 5) is 15.1. The van der Waals surface area contributed by atoms with Crippen molar-refractivity contribution in [2.24, 2.45) is 0 Å². The van der Waals surface area contributed by atoms with E-state index in [2.05, 4.69) is 0 Å². The molecule has 0 fully saturated rings. The molecule has 0 saturated carbocycles. The SMILES string of the molecule is CN1C=CC(O)(c2ccc([N+](=O)[O-])cc2)O1. The highest BCUT2D eigenvalue weighted by Gasteiger charge is 2.33. The van der Waals surface area contributed by atoms with Gasteiger partial charge >= 0.3 is 0 Å². The monoisotopic (exact) mass is 222 g/mol. The Morgan fingerprint density at radius 2 is 2.06 bits per heavy atom. The van der Waals surface area contributed by atoms with E-state index in [1.807, 2.05) is 0 Å². The number of non-ortho nitro benzene ring substituents is 1. The van der Waals surface area contributed by atoms with Gasteiger partial charge < -0.3 is 5.11 Å². The second kappa shape index (κ2) is 3.58. The maximum atomic E-state index is 10.5. The van der Waals surface area contributed by atoms with Gasteiger partial charge in [0.25, 0.3) is 5.69 Å². The van der Waals surface area contributed by atoms with Gasteiger partial charge in [0.15, 0.2) is 0 Å². The molecule has 1 heterocycles. The Balaban J connectivity index is 2.29. The Labute approximate surface area is 91.5 Å². The number of benzene rings is 1. The van der Waals surface area contributed by atoms with Crippen LogP contribution in [-0.4, -0.2) is 22.1 Å². The number of rotatable bonds is 2. The third kappa shape index (κ3) is 1.75. The summed E-state index contributed by atoms with van der Waals surface area (Å²) in [5.41, 5.74) is 0.418. The van der Waals surface area contributed by atoms with Crippen LogP contribution in [0.2, 0.25) is 0 Å². The summed E-state index contributed by atoms with van der Waals surface area (Å²) in [5.74, 6) is -1.54. The lowest BCUT2D eigenvalue weighted by atomic mass is 10.1. The summed E-state index contributed by atoms with van der Waals surface area (Å²) < 4.78 is 0. The van der Waals surface area contributed by atoms with E-state index < -0.39 is 10.7 Å². The fourth-order valence-electron chi connectivity index (χ4n) is 1.46. The Morgan fingerprint density at radius 1 is 1.44 bits per heavy atom. The van der Waals surface area contributed by atoms with Crippen molar-refractivity contribution in [3.05, 3.63) is 52.2 Å². The van der Waals surface area contributed by atoms with Crippen molar-refractivity contribution in [1.82, 2.24) is 5.06 Å². The van der Waals surface area contributed by atoms with Gasteiger partial charge in [0.2, 0.25) is 5.79 Å². The van der Waals surface area contributed by atoms with Gasteiger partial charge in [0.1, 0.15) is 0 Å². The minimum atomic E-state index is -1.54.